The summed E-state index contributed by atoms with van der Waals surface area (Å²) in [6.45, 7) is 2.67. The second-order valence-electron chi connectivity index (χ2n) is 3.55. The summed E-state index contributed by atoms with van der Waals surface area (Å²) in [6, 6.07) is 10.6. The summed E-state index contributed by atoms with van der Waals surface area (Å²) in [5, 5.41) is 8.85. The Morgan fingerprint density at radius 1 is 1.18 bits per heavy atom. The summed E-state index contributed by atoms with van der Waals surface area (Å²) >= 11 is 0. The van der Waals surface area contributed by atoms with Crippen LogP contribution in [0.5, 0.6) is 0 Å². The van der Waals surface area contributed by atoms with Gasteiger partial charge in [0.25, 0.3) is 0 Å². The van der Waals surface area contributed by atoms with E-state index in [4.69, 9.17) is 18.4 Å². The zero-order valence-electron chi connectivity index (χ0n) is 10.4. The van der Waals surface area contributed by atoms with Crippen molar-refractivity contribution in [3.8, 4) is 0 Å². The van der Waals surface area contributed by atoms with Gasteiger partial charge in [0.15, 0.2) is 0 Å². The van der Waals surface area contributed by atoms with Gasteiger partial charge in [0, 0.05) is 19.8 Å². The van der Waals surface area contributed by atoms with Crippen molar-refractivity contribution in [1.29, 1.82) is 0 Å². The van der Waals surface area contributed by atoms with Crippen molar-refractivity contribution in [2.24, 2.45) is 0 Å². The molecule has 0 amide bonds. The lowest BCUT2D eigenvalue weighted by Gasteiger charge is -2.27. The molecule has 0 aliphatic rings. The normalized spacial score (nSPS) is 14.5. The Labute approximate surface area is 104 Å². The Bertz CT molecular complexity index is 307. The van der Waals surface area contributed by atoms with Crippen molar-refractivity contribution in [3.63, 3.8) is 0 Å². The van der Waals surface area contributed by atoms with E-state index in [1.807, 2.05) is 37.3 Å². The minimum Gasteiger partial charge on any atom is -0.394 e. The highest BCUT2D eigenvalue weighted by molar-refractivity contribution is 6.60. The van der Waals surface area contributed by atoms with E-state index in [0.717, 1.165) is 5.56 Å². The van der Waals surface area contributed by atoms with Crippen LogP contribution in [0.4, 0.5) is 0 Å². The predicted molar refractivity (Wildman–Crippen MR) is 67.6 cm³/mol. The molecule has 0 aliphatic heterocycles. The second kappa shape index (κ2) is 7.57. The topological polar surface area (TPSA) is 47.9 Å². The van der Waals surface area contributed by atoms with E-state index in [1.54, 1.807) is 7.11 Å². The van der Waals surface area contributed by atoms with Gasteiger partial charge in [-0.15, -0.1) is 0 Å². The minimum absolute atomic E-state index is 0.0278. The van der Waals surface area contributed by atoms with Gasteiger partial charge in [-0.05, 0) is 12.5 Å². The number of benzene rings is 1. The molecule has 0 saturated carbocycles. The van der Waals surface area contributed by atoms with Crippen LogP contribution in [0.3, 0.4) is 0 Å². The molecule has 1 N–H and O–H groups in total. The van der Waals surface area contributed by atoms with Gasteiger partial charge in [-0.2, -0.15) is 0 Å². The van der Waals surface area contributed by atoms with Crippen LogP contribution >= 0.6 is 0 Å². The Kier molecular flexibility index (Phi) is 6.39. The number of hydrogen-bond donors (Lipinski definition) is 1. The van der Waals surface area contributed by atoms with Crippen LogP contribution in [0.25, 0.3) is 0 Å². The summed E-state index contributed by atoms with van der Waals surface area (Å²) in [6.07, 6.45) is 0. The van der Waals surface area contributed by atoms with Gasteiger partial charge in [-0.25, -0.2) is 0 Å². The molecule has 96 valence electrons. The lowest BCUT2D eigenvalue weighted by atomic mass is 10.2. The molecule has 1 aromatic carbocycles. The summed E-state index contributed by atoms with van der Waals surface area (Å²) in [4.78, 5) is 0. The maximum absolute atomic E-state index is 8.85. The quantitative estimate of drug-likeness (QED) is 0.714. The van der Waals surface area contributed by atoms with Crippen molar-refractivity contribution >= 4 is 8.80 Å². The van der Waals surface area contributed by atoms with Crippen molar-refractivity contribution in [3.05, 3.63) is 35.9 Å². The molecule has 1 unspecified atom stereocenters. The van der Waals surface area contributed by atoms with Crippen molar-refractivity contribution < 1.29 is 18.4 Å². The fourth-order valence-electron chi connectivity index (χ4n) is 1.60. The highest BCUT2D eigenvalue weighted by Crippen LogP contribution is 2.16. The first kappa shape index (κ1) is 14.3. The van der Waals surface area contributed by atoms with Gasteiger partial charge in [0.2, 0.25) is 0 Å². The molecule has 0 radical (unpaired) electrons. The Hall–Kier alpha value is -0.723. The number of hydrogen-bond acceptors (Lipinski definition) is 4. The molecule has 0 bridgehead atoms. The van der Waals surface area contributed by atoms with Gasteiger partial charge >= 0.3 is 8.80 Å². The number of aliphatic hydroxyl groups excluding tert-OH is 1. The first-order valence-corrected chi connectivity index (χ1v) is 7.67. The molecule has 17 heavy (non-hydrogen) atoms. The third-order valence-corrected chi connectivity index (χ3v) is 5.19. The van der Waals surface area contributed by atoms with Gasteiger partial charge in [0.1, 0.15) is 0 Å². The molecule has 1 rings (SSSR count). The van der Waals surface area contributed by atoms with Crippen LogP contribution in [-0.2, 0) is 19.3 Å². The lowest BCUT2D eigenvalue weighted by Crippen LogP contribution is -2.48. The molecule has 0 aromatic heterocycles. The van der Waals surface area contributed by atoms with Crippen LogP contribution in [0.2, 0.25) is 0 Å². The molecule has 0 fully saturated rings. The van der Waals surface area contributed by atoms with E-state index in [9.17, 15) is 0 Å². The van der Waals surface area contributed by atoms with E-state index in [0.29, 0.717) is 12.7 Å². The smallest absolute Gasteiger partial charge is 0.394 e. The van der Waals surface area contributed by atoms with Gasteiger partial charge in [-0.3, -0.25) is 0 Å². The zero-order chi connectivity index (χ0) is 12.6. The molecule has 1 atom stereocenters. The first-order valence-electron chi connectivity index (χ1n) is 5.74. The molecule has 1 aromatic rings. The van der Waals surface area contributed by atoms with Crippen LogP contribution in [0.15, 0.2) is 30.3 Å². The van der Waals surface area contributed by atoms with Gasteiger partial charge in [0.05, 0.1) is 13.2 Å². The average molecular weight is 256 g/mol. The third kappa shape index (κ3) is 4.57. The van der Waals surface area contributed by atoms with Crippen molar-refractivity contribution in [1.82, 2.24) is 0 Å². The third-order valence-electron chi connectivity index (χ3n) is 2.35. The van der Waals surface area contributed by atoms with E-state index in [-0.39, 0.29) is 13.2 Å². The number of rotatable bonds is 8. The highest BCUT2D eigenvalue weighted by Gasteiger charge is 2.39. The highest BCUT2D eigenvalue weighted by atomic mass is 28.4. The van der Waals surface area contributed by atoms with Gasteiger partial charge < -0.3 is 18.4 Å². The SMILES string of the molecule is CCO[Si](Cc1ccccc1)(OC)OCCO. The predicted octanol–water partition coefficient (Wildman–Crippen LogP) is 1.40. The standard InChI is InChI=1S/C12H20O4Si/c1-3-15-17(14-2,16-10-9-13)11-12-7-5-4-6-8-12/h4-8,13H,3,9-11H2,1-2H3. The van der Waals surface area contributed by atoms with Crippen molar-refractivity contribution in [2.75, 3.05) is 26.9 Å². The van der Waals surface area contributed by atoms with Crippen LogP contribution in [0, 0.1) is 0 Å². The second-order valence-corrected chi connectivity index (χ2v) is 6.26. The van der Waals surface area contributed by atoms with Crippen LogP contribution < -0.4 is 0 Å². The molecule has 0 spiro atoms. The molecule has 0 aliphatic carbocycles. The molecule has 0 saturated heterocycles. The Morgan fingerprint density at radius 3 is 2.41 bits per heavy atom. The largest absolute Gasteiger partial charge is 0.505 e. The molecular weight excluding hydrogens is 236 g/mol. The van der Waals surface area contributed by atoms with E-state index < -0.39 is 8.80 Å². The summed E-state index contributed by atoms with van der Waals surface area (Å²) < 4.78 is 16.8. The zero-order valence-corrected chi connectivity index (χ0v) is 11.4. The molecule has 5 heteroatoms. The summed E-state index contributed by atoms with van der Waals surface area (Å²) in [7, 11) is -1.09. The maximum atomic E-state index is 8.85. The van der Waals surface area contributed by atoms with E-state index >= 15 is 0 Å². The minimum atomic E-state index is -2.69. The van der Waals surface area contributed by atoms with Crippen molar-refractivity contribution in [2.45, 2.75) is 13.0 Å². The molecule has 4 nitrogen and oxygen atoms in total. The Morgan fingerprint density at radius 2 is 1.88 bits per heavy atom. The fraction of sp³-hybridized carbons (Fsp3) is 0.500. The monoisotopic (exact) mass is 256 g/mol. The van der Waals surface area contributed by atoms with Crippen LogP contribution in [-0.4, -0.2) is 40.8 Å². The van der Waals surface area contributed by atoms with Gasteiger partial charge in [-0.1, -0.05) is 30.3 Å². The molecule has 0 heterocycles. The average Bonchev–Trinajstić information content (AvgIpc) is 2.37. The lowest BCUT2D eigenvalue weighted by molar-refractivity contribution is 0.0648. The van der Waals surface area contributed by atoms with E-state index in [1.165, 1.54) is 0 Å². The molecular formula is C12H20O4Si. The fourth-order valence-corrected chi connectivity index (χ4v) is 3.85. The van der Waals surface area contributed by atoms with E-state index in [2.05, 4.69) is 0 Å². The Balaban J connectivity index is 2.74. The summed E-state index contributed by atoms with van der Waals surface area (Å²) in [5.74, 6) is 0. The maximum Gasteiger partial charge on any atom is 0.505 e. The number of aliphatic hydroxyl groups is 1. The first-order chi connectivity index (χ1) is 8.26. The van der Waals surface area contributed by atoms with Crippen LogP contribution in [0.1, 0.15) is 12.5 Å². The summed E-state index contributed by atoms with van der Waals surface area (Å²) in [5.41, 5.74) is 1.12.